The molecule has 0 amide bonds. The monoisotopic (exact) mass is 466 g/mol. The fourth-order valence-corrected chi connectivity index (χ4v) is 3.02. The zero-order chi connectivity index (χ0) is 16.7. The van der Waals surface area contributed by atoms with Gasteiger partial charge in [-0.25, -0.2) is 4.99 Å². The van der Waals surface area contributed by atoms with Gasteiger partial charge in [0.05, 0.1) is 11.6 Å². The predicted octanol–water partition coefficient (Wildman–Crippen LogP) is 3.11. The minimum absolute atomic E-state index is 0. The van der Waals surface area contributed by atoms with E-state index in [-0.39, 0.29) is 30.1 Å². The Balaban J connectivity index is 0.00000288. The third-order valence-electron chi connectivity index (χ3n) is 4.11. The lowest BCUT2D eigenvalue weighted by atomic mass is 10.2. The molecule has 1 aromatic rings. The van der Waals surface area contributed by atoms with E-state index in [2.05, 4.69) is 22.1 Å². The Morgan fingerprint density at radius 3 is 2.96 bits per heavy atom. The van der Waals surface area contributed by atoms with Crippen LogP contribution in [0.3, 0.4) is 0 Å². The predicted molar refractivity (Wildman–Crippen MR) is 112 cm³/mol. The van der Waals surface area contributed by atoms with E-state index in [1.807, 2.05) is 31.2 Å². The van der Waals surface area contributed by atoms with Crippen LogP contribution in [-0.2, 0) is 0 Å². The number of hydrogen-bond acceptors (Lipinski definition) is 3. The van der Waals surface area contributed by atoms with Crippen LogP contribution >= 0.6 is 35.6 Å². The number of hydrogen-bond donors (Lipinski definition) is 2. The van der Waals surface area contributed by atoms with Gasteiger partial charge < -0.3 is 15.8 Å². The van der Waals surface area contributed by atoms with E-state index in [0.717, 1.165) is 13.1 Å². The zero-order valence-electron chi connectivity index (χ0n) is 14.4. The Morgan fingerprint density at radius 2 is 2.25 bits per heavy atom. The van der Waals surface area contributed by atoms with E-state index < -0.39 is 0 Å². The largest absolute Gasteiger partial charge is 0.487 e. The summed E-state index contributed by atoms with van der Waals surface area (Å²) in [7, 11) is 0. The minimum atomic E-state index is -0.0890. The molecule has 24 heavy (non-hydrogen) atoms. The van der Waals surface area contributed by atoms with Crippen molar-refractivity contribution in [3.63, 3.8) is 0 Å². The molecule has 0 aliphatic carbocycles. The van der Waals surface area contributed by atoms with Gasteiger partial charge >= 0.3 is 0 Å². The van der Waals surface area contributed by atoms with Gasteiger partial charge in [-0.05, 0) is 45.0 Å². The highest BCUT2D eigenvalue weighted by atomic mass is 127. The molecule has 0 saturated carbocycles. The Kier molecular flexibility index (Phi) is 9.76. The van der Waals surface area contributed by atoms with Crippen LogP contribution in [-0.4, -0.2) is 49.2 Å². The summed E-state index contributed by atoms with van der Waals surface area (Å²) in [5.74, 6) is 1.15. The number of nitrogens with zero attached hydrogens (tertiary/aromatic N) is 2. The molecule has 1 heterocycles. The molecule has 3 N–H and O–H groups in total. The molecule has 2 atom stereocenters. The fraction of sp³-hybridized carbons (Fsp3) is 0.588. The Labute approximate surface area is 167 Å². The van der Waals surface area contributed by atoms with Crippen molar-refractivity contribution >= 4 is 41.5 Å². The molecule has 0 bridgehead atoms. The highest BCUT2D eigenvalue weighted by molar-refractivity contribution is 14.0. The smallest absolute Gasteiger partial charge is 0.188 e. The van der Waals surface area contributed by atoms with Crippen molar-refractivity contribution in [2.24, 2.45) is 10.7 Å². The summed E-state index contributed by atoms with van der Waals surface area (Å²) in [6.45, 7) is 7.77. The molecule has 2 unspecified atom stereocenters. The van der Waals surface area contributed by atoms with Crippen LogP contribution < -0.4 is 15.8 Å². The van der Waals surface area contributed by atoms with Crippen LogP contribution in [0.5, 0.6) is 5.75 Å². The van der Waals surface area contributed by atoms with Gasteiger partial charge in [-0.3, -0.25) is 4.90 Å². The van der Waals surface area contributed by atoms with Crippen molar-refractivity contribution < 1.29 is 4.74 Å². The van der Waals surface area contributed by atoms with Crippen LogP contribution in [0.15, 0.2) is 29.3 Å². The summed E-state index contributed by atoms with van der Waals surface area (Å²) in [6, 6.07) is 8.00. The van der Waals surface area contributed by atoms with Crippen LogP contribution in [0, 0.1) is 0 Å². The molecular weight excluding hydrogens is 439 g/mol. The average Bonchev–Trinajstić information content (AvgIpc) is 3.00. The number of guanidine groups is 1. The van der Waals surface area contributed by atoms with E-state index in [1.165, 1.54) is 19.4 Å². The molecule has 0 aromatic heterocycles. The Morgan fingerprint density at radius 1 is 1.50 bits per heavy atom. The number of nitrogens with two attached hydrogens (primary N) is 1. The molecule has 1 aliphatic heterocycles. The number of aliphatic imine (C=N–C) groups is 1. The molecule has 2 rings (SSSR count). The van der Waals surface area contributed by atoms with Gasteiger partial charge in [0.1, 0.15) is 11.9 Å². The maximum absolute atomic E-state index is 6.08. The number of nitrogens with one attached hydrogen (secondary N) is 1. The van der Waals surface area contributed by atoms with Crippen molar-refractivity contribution in [3.8, 4) is 5.75 Å². The molecule has 1 aromatic carbocycles. The van der Waals surface area contributed by atoms with Crippen molar-refractivity contribution in [2.75, 3.05) is 26.2 Å². The highest BCUT2D eigenvalue weighted by Gasteiger charge is 2.22. The number of benzene rings is 1. The van der Waals surface area contributed by atoms with Crippen molar-refractivity contribution in [3.05, 3.63) is 29.3 Å². The van der Waals surface area contributed by atoms with Gasteiger partial charge in [-0.2, -0.15) is 0 Å². The molecule has 7 heteroatoms. The molecule has 1 fully saturated rings. The summed E-state index contributed by atoms with van der Waals surface area (Å²) < 4.78 is 5.78. The average molecular weight is 467 g/mol. The standard InChI is InChI=1S/C17H27ClN4O.HI/c1-3-22-10-6-7-14(22)12-21-17(19)20-11-13(2)23-16-9-5-4-8-15(16)18;/h4-5,8-9,13-14H,3,6-7,10-12H2,1-2H3,(H3,19,20,21);1H. The van der Waals surface area contributed by atoms with Crippen molar-refractivity contribution in [2.45, 2.75) is 38.8 Å². The van der Waals surface area contributed by atoms with Gasteiger partial charge in [0.2, 0.25) is 0 Å². The maximum atomic E-state index is 6.08. The molecule has 0 radical (unpaired) electrons. The van der Waals surface area contributed by atoms with Gasteiger partial charge in [0.15, 0.2) is 5.96 Å². The summed E-state index contributed by atoms with van der Waals surface area (Å²) in [5, 5.41) is 3.83. The van der Waals surface area contributed by atoms with Gasteiger partial charge in [-0.15, -0.1) is 24.0 Å². The lowest BCUT2D eigenvalue weighted by Gasteiger charge is -2.23. The first-order valence-corrected chi connectivity index (χ1v) is 8.67. The van der Waals surface area contributed by atoms with Crippen LogP contribution in [0.2, 0.25) is 5.02 Å². The summed E-state index contributed by atoms with van der Waals surface area (Å²) >= 11 is 6.08. The number of para-hydroxylation sites is 1. The number of likely N-dealkylation sites (tertiary alicyclic amines) is 1. The zero-order valence-corrected chi connectivity index (χ0v) is 17.5. The highest BCUT2D eigenvalue weighted by Crippen LogP contribution is 2.24. The van der Waals surface area contributed by atoms with Crippen LogP contribution in [0.1, 0.15) is 26.7 Å². The van der Waals surface area contributed by atoms with E-state index in [1.54, 1.807) is 0 Å². The molecule has 5 nitrogen and oxygen atoms in total. The maximum Gasteiger partial charge on any atom is 0.188 e. The quantitative estimate of drug-likeness (QED) is 0.368. The third-order valence-corrected chi connectivity index (χ3v) is 4.42. The first-order chi connectivity index (χ1) is 11.1. The van der Waals surface area contributed by atoms with Crippen molar-refractivity contribution in [1.29, 1.82) is 0 Å². The van der Waals surface area contributed by atoms with E-state index in [4.69, 9.17) is 22.1 Å². The number of halogens is 2. The number of rotatable bonds is 7. The Hall–Kier alpha value is -0.730. The topological polar surface area (TPSA) is 62.9 Å². The first kappa shape index (κ1) is 21.3. The lowest BCUT2D eigenvalue weighted by Crippen LogP contribution is -2.43. The molecule has 1 aliphatic rings. The minimum Gasteiger partial charge on any atom is -0.487 e. The number of likely N-dealkylation sites (N-methyl/N-ethyl adjacent to an activating group) is 1. The van der Waals surface area contributed by atoms with E-state index in [9.17, 15) is 0 Å². The SMILES string of the molecule is CCN1CCCC1CNC(N)=NCC(C)Oc1ccccc1Cl.I. The van der Waals surface area contributed by atoms with Crippen LogP contribution in [0.4, 0.5) is 0 Å². The normalized spacial score (nSPS) is 19.6. The molecule has 136 valence electrons. The van der Waals surface area contributed by atoms with E-state index >= 15 is 0 Å². The number of ether oxygens (including phenoxy) is 1. The Bertz CT molecular complexity index is 529. The second-order valence-electron chi connectivity index (χ2n) is 5.89. The molecule has 1 saturated heterocycles. The van der Waals surface area contributed by atoms with Gasteiger partial charge in [0.25, 0.3) is 0 Å². The van der Waals surface area contributed by atoms with Crippen LogP contribution in [0.25, 0.3) is 0 Å². The molecule has 0 spiro atoms. The van der Waals surface area contributed by atoms with Gasteiger partial charge in [-0.1, -0.05) is 30.7 Å². The van der Waals surface area contributed by atoms with Gasteiger partial charge in [0, 0.05) is 12.6 Å². The summed E-state index contributed by atoms with van der Waals surface area (Å²) in [6.07, 6.45) is 2.40. The second kappa shape index (κ2) is 11.0. The van der Waals surface area contributed by atoms with Crippen molar-refractivity contribution in [1.82, 2.24) is 10.2 Å². The van der Waals surface area contributed by atoms with E-state index in [0.29, 0.717) is 29.3 Å². The molecular formula is C17H28ClIN4O. The summed E-state index contributed by atoms with van der Waals surface area (Å²) in [5.41, 5.74) is 5.95. The lowest BCUT2D eigenvalue weighted by molar-refractivity contribution is 0.230. The summed E-state index contributed by atoms with van der Waals surface area (Å²) in [4.78, 5) is 6.83. The fourth-order valence-electron chi connectivity index (χ4n) is 2.84. The third kappa shape index (κ3) is 6.64. The first-order valence-electron chi connectivity index (χ1n) is 8.29. The second-order valence-corrected chi connectivity index (χ2v) is 6.30.